The number of hydrogen-bond donors (Lipinski definition) is 0. The maximum atomic E-state index is 12.7. The summed E-state index contributed by atoms with van der Waals surface area (Å²) < 4.78 is 5.01. The summed E-state index contributed by atoms with van der Waals surface area (Å²) in [5, 5.41) is 14.1. The molecule has 1 aromatic heterocycles. The minimum atomic E-state index is -0.805. The number of aryl methyl sites for hydroxylation is 2. The first-order valence-electron chi connectivity index (χ1n) is 8.41. The van der Waals surface area contributed by atoms with Crippen LogP contribution < -0.4 is 5.01 Å². The highest BCUT2D eigenvalue weighted by atomic mass is 32.1. The Hall–Kier alpha value is -2.94. The molecule has 0 fully saturated rings. The number of nitrogens with zero attached hydrogens (tertiary/aromatic N) is 5. The smallest absolute Gasteiger partial charge is 0.350 e. The number of hydrogen-bond acceptors (Lipinski definition) is 8. The van der Waals surface area contributed by atoms with Crippen LogP contribution in [0.1, 0.15) is 34.8 Å². The monoisotopic (exact) mass is 385 g/mol. The fourth-order valence-electron chi connectivity index (χ4n) is 2.50. The molecule has 0 radical (unpaired) electrons. The Morgan fingerprint density at radius 3 is 2.81 bits per heavy atom. The molecule has 0 saturated carbocycles. The molecular weight excluding hydrogens is 366 g/mol. The number of azo groups is 1. The average molecular weight is 385 g/mol. The van der Waals surface area contributed by atoms with E-state index < -0.39 is 12.0 Å². The first-order chi connectivity index (χ1) is 12.9. The first kappa shape index (κ1) is 18.8. The van der Waals surface area contributed by atoms with E-state index in [0.29, 0.717) is 27.1 Å². The van der Waals surface area contributed by atoms with Gasteiger partial charge in [0.15, 0.2) is 6.04 Å². The second kappa shape index (κ2) is 7.75. The SMILES string of the molecule is CCOC(=O)c1sc(N2N=C(C)[C@H](N=Nc3cccc(C)c3)C2=O)nc1C. The second-order valence-electron chi connectivity index (χ2n) is 5.98. The number of carbonyl (C=O) groups is 2. The highest BCUT2D eigenvalue weighted by Crippen LogP contribution is 2.30. The van der Waals surface area contributed by atoms with Crippen molar-refractivity contribution in [2.75, 3.05) is 11.6 Å². The molecule has 1 aromatic carbocycles. The van der Waals surface area contributed by atoms with Gasteiger partial charge in [0.1, 0.15) is 4.88 Å². The Morgan fingerprint density at radius 1 is 1.33 bits per heavy atom. The third kappa shape index (κ3) is 3.92. The van der Waals surface area contributed by atoms with Crippen LogP contribution in [0.2, 0.25) is 0 Å². The minimum absolute atomic E-state index is 0.271. The van der Waals surface area contributed by atoms with E-state index in [-0.39, 0.29) is 12.5 Å². The molecule has 0 N–H and O–H groups in total. The van der Waals surface area contributed by atoms with Gasteiger partial charge in [-0.1, -0.05) is 23.5 Å². The lowest BCUT2D eigenvalue weighted by molar-refractivity contribution is -0.117. The van der Waals surface area contributed by atoms with Gasteiger partial charge in [-0.15, -0.1) is 0 Å². The van der Waals surface area contributed by atoms with Crippen molar-refractivity contribution in [2.24, 2.45) is 15.3 Å². The molecule has 8 nitrogen and oxygen atoms in total. The summed E-state index contributed by atoms with van der Waals surface area (Å²) >= 11 is 1.07. The Bertz CT molecular complexity index is 950. The molecule has 3 rings (SSSR count). The zero-order valence-corrected chi connectivity index (χ0v) is 16.3. The summed E-state index contributed by atoms with van der Waals surface area (Å²) in [4.78, 5) is 29.3. The van der Waals surface area contributed by atoms with E-state index in [1.807, 2.05) is 31.2 Å². The Labute approximate surface area is 160 Å². The van der Waals surface area contributed by atoms with Crippen LogP contribution in [0.3, 0.4) is 0 Å². The highest BCUT2D eigenvalue weighted by molar-refractivity contribution is 7.17. The number of benzene rings is 1. The number of esters is 1. The standard InChI is InChI=1S/C18H19N5O3S/c1-5-26-17(25)15-12(4)19-18(27-15)23-16(24)14(11(3)22-23)21-20-13-8-6-7-10(2)9-13/h6-9,14H,5H2,1-4H3/t14-/m0/s1. The summed E-state index contributed by atoms with van der Waals surface area (Å²) in [7, 11) is 0. The van der Waals surface area contributed by atoms with Gasteiger partial charge in [0.2, 0.25) is 5.13 Å². The molecule has 140 valence electrons. The molecule has 0 unspecified atom stereocenters. The molecular formula is C18H19N5O3S. The fraction of sp³-hybridized carbons (Fsp3) is 0.333. The highest BCUT2D eigenvalue weighted by Gasteiger charge is 2.37. The van der Waals surface area contributed by atoms with Crippen molar-refractivity contribution in [1.82, 2.24) is 4.98 Å². The minimum Gasteiger partial charge on any atom is -0.462 e. The Balaban J connectivity index is 1.81. The van der Waals surface area contributed by atoms with Crippen molar-refractivity contribution < 1.29 is 14.3 Å². The van der Waals surface area contributed by atoms with E-state index in [9.17, 15) is 9.59 Å². The van der Waals surface area contributed by atoms with Gasteiger partial charge in [0.05, 0.1) is 23.7 Å². The van der Waals surface area contributed by atoms with Gasteiger partial charge in [-0.3, -0.25) is 4.79 Å². The van der Waals surface area contributed by atoms with Crippen LogP contribution in [0, 0.1) is 13.8 Å². The maximum absolute atomic E-state index is 12.7. The number of aromatic nitrogens is 1. The fourth-order valence-corrected chi connectivity index (χ4v) is 3.42. The van der Waals surface area contributed by atoms with Crippen molar-refractivity contribution in [1.29, 1.82) is 0 Å². The molecule has 9 heteroatoms. The molecule has 0 spiro atoms. The van der Waals surface area contributed by atoms with Gasteiger partial charge >= 0.3 is 5.97 Å². The molecule has 1 aliphatic heterocycles. The van der Waals surface area contributed by atoms with Crippen LogP contribution >= 0.6 is 11.3 Å². The number of ether oxygens (including phenoxy) is 1. The molecule has 2 aromatic rings. The molecule has 1 aliphatic rings. The number of hydrazone groups is 1. The number of anilines is 1. The Morgan fingerprint density at radius 2 is 2.11 bits per heavy atom. The largest absolute Gasteiger partial charge is 0.462 e. The molecule has 1 amide bonds. The van der Waals surface area contributed by atoms with Crippen molar-refractivity contribution >= 4 is 39.7 Å². The molecule has 2 heterocycles. The third-order valence-corrected chi connectivity index (χ3v) is 4.93. The maximum Gasteiger partial charge on any atom is 0.350 e. The van der Waals surface area contributed by atoms with Gasteiger partial charge in [0.25, 0.3) is 5.91 Å². The van der Waals surface area contributed by atoms with Crippen LogP contribution in [0.15, 0.2) is 39.6 Å². The van der Waals surface area contributed by atoms with Crippen molar-refractivity contribution in [3.63, 3.8) is 0 Å². The molecule has 0 bridgehead atoms. The van der Waals surface area contributed by atoms with E-state index in [2.05, 4.69) is 20.3 Å². The van der Waals surface area contributed by atoms with Gasteiger partial charge in [0, 0.05) is 0 Å². The summed E-state index contributed by atoms with van der Waals surface area (Å²) in [5.74, 6) is -0.810. The van der Waals surface area contributed by atoms with Gasteiger partial charge in [-0.25, -0.2) is 9.78 Å². The predicted octanol–water partition coefficient (Wildman–Crippen LogP) is 3.81. The lowest BCUT2D eigenvalue weighted by atomic mass is 10.2. The van der Waals surface area contributed by atoms with Crippen LogP contribution in [-0.2, 0) is 9.53 Å². The molecule has 0 aliphatic carbocycles. The van der Waals surface area contributed by atoms with Gasteiger partial charge < -0.3 is 4.74 Å². The van der Waals surface area contributed by atoms with Crippen molar-refractivity contribution in [3.8, 4) is 0 Å². The number of thiazole rings is 1. The summed E-state index contributed by atoms with van der Waals surface area (Å²) in [6, 6.07) is 6.72. The van der Waals surface area contributed by atoms with Crippen LogP contribution in [0.4, 0.5) is 10.8 Å². The van der Waals surface area contributed by atoms with Crippen LogP contribution in [0.25, 0.3) is 0 Å². The topological polar surface area (TPSA) is 96.6 Å². The number of rotatable bonds is 5. The molecule has 27 heavy (non-hydrogen) atoms. The van der Waals surface area contributed by atoms with E-state index >= 15 is 0 Å². The predicted molar refractivity (Wildman–Crippen MR) is 103 cm³/mol. The lowest BCUT2D eigenvalue weighted by Crippen LogP contribution is -2.29. The second-order valence-corrected chi connectivity index (χ2v) is 6.96. The van der Waals surface area contributed by atoms with Crippen molar-refractivity contribution in [3.05, 3.63) is 40.4 Å². The van der Waals surface area contributed by atoms with E-state index in [1.54, 1.807) is 20.8 Å². The van der Waals surface area contributed by atoms with E-state index in [1.165, 1.54) is 5.01 Å². The average Bonchev–Trinajstić information content (AvgIpc) is 3.13. The number of amides is 1. The van der Waals surface area contributed by atoms with Crippen molar-refractivity contribution in [2.45, 2.75) is 33.7 Å². The quantitative estimate of drug-likeness (QED) is 0.577. The third-order valence-electron chi connectivity index (χ3n) is 3.81. The van der Waals surface area contributed by atoms with E-state index in [0.717, 1.165) is 16.9 Å². The molecule has 1 atom stereocenters. The molecule has 0 saturated heterocycles. The summed E-state index contributed by atoms with van der Waals surface area (Å²) in [5.41, 5.74) is 2.74. The lowest BCUT2D eigenvalue weighted by Gasteiger charge is -2.07. The summed E-state index contributed by atoms with van der Waals surface area (Å²) in [6.45, 7) is 7.37. The zero-order chi connectivity index (χ0) is 19.6. The number of carbonyl (C=O) groups excluding carboxylic acids is 2. The van der Waals surface area contributed by atoms with Crippen LogP contribution in [-0.4, -0.2) is 35.2 Å². The van der Waals surface area contributed by atoms with Crippen LogP contribution in [0.5, 0.6) is 0 Å². The van der Waals surface area contributed by atoms with Gasteiger partial charge in [-0.2, -0.15) is 20.3 Å². The normalized spacial score (nSPS) is 16.9. The summed E-state index contributed by atoms with van der Waals surface area (Å²) in [6.07, 6.45) is 0. The first-order valence-corrected chi connectivity index (χ1v) is 9.23. The zero-order valence-electron chi connectivity index (χ0n) is 15.5. The van der Waals surface area contributed by atoms with E-state index in [4.69, 9.17) is 4.74 Å². The Kier molecular flexibility index (Phi) is 5.41. The van der Waals surface area contributed by atoms with Gasteiger partial charge in [-0.05, 0) is 45.4 Å².